The molecule has 0 spiro atoms. The van der Waals surface area contributed by atoms with Gasteiger partial charge in [0.1, 0.15) is 10.7 Å². The van der Waals surface area contributed by atoms with Crippen LogP contribution in [0.25, 0.3) is 0 Å². The van der Waals surface area contributed by atoms with Crippen LogP contribution in [0.3, 0.4) is 0 Å². The van der Waals surface area contributed by atoms with Gasteiger partial charge in [-0.15, -0.1) is 0 Å². The molecule has 0 aliphatic carbocycles. The van der Waals surface area contributed by atoms with Crippen LogP contribution in [0.15, 0.2) is 23.1 Å². The van der Waals surface area contributed by atoms with Crippen molar-refractivity contribution in [2.75, 3.05) is 0 Å². The van der Waals surface area contributed by atoms with Gasteiger partial charge >= 0.3 is 0 Å². The molecule has 1 N–H and O–H groups in total. The smallest absolute Gasteiger partial charge is 0.266 e. The maximum atomic E-state index is 13.5. The molecule has 1 rings (SSSR count). The summed E-state index contributed by atoms with van der Waals surface area (Å²) in [5, 5.41) is 0.0859. The zero-order chi connectivity index (χ0) is 14.6. The van der Waals surface area contributed by atoms with Crippen molar-refractivity contribution in [3.63, 3.8) is 0 Å². The van der Waals surface area contributed by atoms with E-state index in [-0.39, 0.29) is 5.02 Å². The maximum absolute atomic E-state index is 13.5. The van der Waals surface area contributed by atoms with Crippen LogP contribution in [0.4, 0.5) is 4.39 Å². The first-order valence-electron chi connectivity index (χ1n) is 5.83. The third-order valence-electron chi connectivity index (χ3n) is 2.77. The van der Waals surface area contributed by atoms with Crippen molar-refractivity contribution in [2.45, 2.75) is 31.6 Å². The van der Waals surface area contributed by atoms with E-state index in [4.69, 9.17) is 11.6 Å². The van der Waals surface area contributed by atoms with Gasteiger partial charge in [-0.1, -0.05) is 25.4 Å². The Labute approximate surface area is 117 Å². The second-order valence-electron chi connectivity index (χ2n) is 4.06. The van der Waals surface area contributed by atoms with Crippen LogP contribution >= 0.6 is 11.6 Å². The third-order valence-corrected chi connectivity index (χ3v) is 4.39. The van der Waals surface area contributed by atoms with E-state index < -0.39 is 32.6 Å². The number of amides is 1. The lowest BCUT2D eigenvalue weighted by molar-refractivity contribution is -0.123. The van der Waals surface area contributed by atoms with E-state index in [2.05, 4.69) is 0 Å². The topological polar surface area (TPSA) is 63.2 Å². The zero-order valence-corrected chi connectivity index (χ0v) is 12.2. The van der Waals surface area contributed by atoms with E-state index in [0.717, 1.165) is 12.1 Å². The molecule has 0 heterocycles. The molecule has 19 heavy (non-hydrogen) atoms. The second-order valence-corrected chi connectivity index (χ2v) is 6.15. The molecular weight excluding hydrogens is 293 g/mol. The van der Waals surface area contributed by atoms with Crippen LogP contribution in [0, 0.1) is 11.7 Å². The van der Waals surface area contributed by atoms with Crippen molar-refractivity contribution < 1.29 is 17.6 Å². The van der Waals surface area contributed by atoms with Gasteiger partial charge in [0, 0.05) is 10.9 Å². The first-order valence-corrected chi connectivity index (χ1v) is 7.69. The second kappa shape index (κ2) is 6.34. The summed E-state index contributed by atoms with van der Waals surface area (Å²) in [6.45, 7) is 3.56. The van der Waals surface area contributed by atoms with Gasteiger partial charge in [-0.2, -0.15) is 0 Å². The molecule has 0 aliphatic heterocycles. The fourth-order valence-corrected chi connectivity index (χ4v) is 2.89. The van der Waals surface area contributed by atoms with Crippen LogP contribution in [0.1, 0.15) is 26.7 Å². The van der Waals surface area contributed by atoms with Gasteiger partial charge in [0.2, 0.25) is 5.91 Å². The third kappa shape index (κ3) is 3.91. The van der Waals surface area contributed by atoms with Crippen molar-refractivity contribution in [2.24, 2.45) is 5.92 Å². The maximum Gasteiger partial charge on any atom is 0.266 e. The minimum atomic E-state index is -4.21. The van der Waals surface area contributed by atoms with Crippen LogP contribution in [0.2, 0.25) is 5.02 Å². The molecule has 1 amide bonds. The number of carbonyl (C=O) groups excluding carboxylic acids is 1. The fraction of sp³-hybridized carbons (Fsp3) is 0.417. The molecule has 0 aromatic heterocycles. The number of halogens is 2. The van der Waals surface area contributed by atoms with Gasteiger partial charge in [0.15, 0.2) is 0 Å². The molecule has 0 saturated carbocycles. The molecule has 4 nitrogen and oxygen atoms in total. The molecule has 0 bridgehead atoms. The first kappa shape index (κ1) is 15.9. The highest BCUT2D eigenvalue weighted by atomic mass is 35.5. The summed E-state index contributed by atoms with van der Waals surface area (Å²) in [7, 11) is -4.21. The SMILES string of the molecule is CCC(CC)C(=O)NS(=O)(=O)c1ccc(Cl)cc1F. The Kier molecular flexibility index (Phi) is 5.31. The van der Waals surface area contributed by atoms with Crippen LogP contribution in [0.5, 0.6) is 0 Å². The van der Waals surface area contributed by atoms with Gasteiger partial charge in [-0.25, -0.2) is 17.5 Å². The van der Waals surface area contributed by atoms with Crippen LogP contribution < -0.4 is 4.72 Å². The monoisotopic (exact) mass is 307 g/mol. The van der Waals surface area contributed by atoms with Crippen LogP contribution in [-0.2, 0) is 14.8 Å². The first-order chi connectivity index (χ1) is 8.81. The number of sulfonamides is 1. The average molecular weight is 308 g/mol. The van der Waals surface area contributed by atoms with Gasteiger partial charge in [0.05, 0.1) is 0 Å². The van der Waals surface area contributed by atoms with E-state index in [1.54, 1.807) is 13.8 Å². The Morgan fingerprint density at radius 3 is 2.42 bits per heavy atom. The van der Waals surface area contributed by atoms with E-state index in [9.17, 15) is 17.6 Å². The minimum absolute atomic E-state index is 0.0859. The molecule has 7 heteroatoms. The lowest BCUT2D eigenvalue weighted by atomic mass is 10.0. The summed E-state index contributed by atoms with van der Waals surface area (Å²) < 4.78 is 39.2. The van der Waals surface area contributed by atoms with E-state index >= 15 is 0 Å². The summed E-state index contributed by atoms with van der Waals surface area (Å²) in [6, 6.07) is 3.17. The van der Waals surface area contributed by atoms with E-state index in [1.807, 2.05) is 4.72 Å². The Hall–Kier alpha value is -1.14. The molecular formula is C12H15ClFNO3S. The molecule has 1 aromatic rings. The Morgan fingerprint density at radius 1 is 1.37 bits per heavy atom. The molecule has 0 saturated heterocycles. The van der Waals surface area contributed by atoms with Crippen molar-refractivity contribution in [1.29, 1.82) is 0 Å². The van der Waals surface area contributed by atoms with Crippen molar-refractivity contribution in [3.8, 4) is 0 Å². The van der Waals surface area contributed by atoms with Crippen LogP contribution in [-0.4, -0.2) is 14.3 Å². The van der Waals surface area contributed by atoms with Crippen molar-refractivity contribution >= 4 is 27.5 Å². The lowest BCUT2D eigenvalue weighted by Crippen LogP contribution is -2.35. The normalized spacial score (nSPS) is 11.6. The van der Waals surface area contributed by atoms with Crippen molar-refractivity contribution in [1.82, 2.24) is 4.72 Å². The summed E-state index contributed by atoms with van der Waals surface area (Å²) in [5.74, 6) is -2.03. The Morgan fingerprint density at radius 2 is 1.95 bits per heavy atom. The molecule has 0 fully saturated rings. The minimum Gasteiger partial charge on any atom is -0.274 e. The molecule has 0 radical (unpaired) electrons. The Balaban J connectivity index is 3.02. The average Bonchev–Trinajstić information content (AvgIpc) is 2.29. The number of nitrogens with one attached hydrogen (secondary N) is 1. The highest BCUT2D eigenvalue weighted by Gasteiger charge is 2.24. The predicted molar refractivity (Wildman–Crippen MR) is 70.8 cm³/mol. The van der Waals surface area contributed by atoms with Crippen molar-refractivity contribution in [3.05, 3.63) is 29.0 Å². The molecule has 1 aromatic carbocycles. The summed E-state index contributed by atoms with van der Waals surface area (Å²) >= 11 is 5.55. The van der Waals surface area contributed by atoms with Gasteiger partial charge in [-0.05, 0) is 31.0 Å². The standard InChI is InChI=1S/C12H15ClFNO3S/c1-3-8(4-2)12(16)15-19(17,18)11-6-5-9(13)7-10(11)14/h5-8H,3-4H2,1-2H3,(H,15,16). The highest BCUT2D eigenvalue weighted by molar-refractivity contribution is 7.90. The predicted octanol–water partition coefficient (Wildman–Crippen LogP) is 2.72. The van der Waals surface area contributed by atoms with E-state index in [1.165, 1.54) is 6.07 Å². The summed E-state index contributed by atoms with van der Waals surface area (Å²) in [6.07, 6.45) is 1.03. The van der Waals surface area contributed by atoms with Gasteiger partial charge in [0.25, 0.3) is 10.0 Å². The van der Waals surface area contributed by atoms with E-state index in [0.29, 0.717) is 12.8 Å². The summed E-state index contributed by atoms with van der Waals surface area (Å²) in [5.41, 5.74) is 0. The lowest BCUT2D eigenvalue weighted by Gasteiger charge is -2.13. The number of rotatable bonds is 5. The molecule has 0 atom stereocenters. The molecule has 0 aliphatic rings. The Bertz CT molecular complexity index is 570. The molecule has 106 valence electrons. The zero-order valence-electron chi connectivity index (χ0n) is 10.6. The number of hydrogen-bond donors (Lipinski definition) is 1. The van der Waals surface area contributed by atoms with Gasteiger partial charge < -0.3 is 0 Å². The number of carbonyl (C=O) groups is 1. The number of hydrogen-bond acceptors (Lipinski definition) is 3. The fourth-order valence-electron chi connectivity index (χ4n) is 1.62. The van der Waals surface area contributed by atoms with Gasteiger partial charge in [-0.3, -0.25) is 4.79 Å². The quantitative estimate of drug-likeness (QED) is 0.909. The largest absolute Gasteiger partial charge is 0.274 e. The summed E-state index contributed by atoms with van der Waals surface area (Å²) in [4.78, 5) is 11.1. The molecule has 0 unspecified atom stereocenters. The number of benzene rings is 1. The highest BCUT2D eigenvalue weighted by Crippen LogP contribution is 2.19.